The molecular formula is C24H21ClF3N3O5S. The van der Waals surface area contributed by atoms with Gasteiger partial charge in [-0.15, -0.1) is 0 Å². The van der Waals surface area contributed by atoms with Crippen molar-refractivity contribution < 1.29 is 36.2 Å². The molecule has 0 radical (unpaired) electrons. The number of rotatable bonds is 9. The number of halogens is 4. The zero-order valence-electron chi connectivity index (χ0n) is 19.2. The van der Waals surface area contributed by atoms with Crippen LogP contribution in [0, 0.1) is 0 Å². The second kappa shape index (κ2) is 11.5. The zero-order valence-corrected chi connectivity index (χ0v) is 20.8. The van der Waals surface area contributed by atoms with Gasteiger partial charge in [0.05, 0.1) is 34.0 Å². The van der Waals surface area contributed by atoms with E-state index < -0.39 is 39.9 Å². The number of alkyl halides is 3. The maximum atomic E-state index is 13.3. The summed E-state index contributed by atoms with van der Waals surface area (Å²) in [5, 5.41) is 13.2. The summed E-state index contributed by atoms with van der Waals surface area (Å²) in [7, 11) is -4.50. The molecule has 196 valence electrons. The Bertz CT molecular complexity index is 1400. The van der Waals surface area contributed by atoms with E-state index in [0.717, 1.165) is 6.07 Å². The first-order valence-electron chi connectivity index (χ1n) is 10.7. The van der Waals surface area contributed by atoms with Crippen molar-refractivity contribution in [3.8, 4) is 11.5 Å². The monoisotopic (exact) mass is 555 g/mol. The second-order valence-electron chi connectivity index (χ2n) is 7.44. The van der Waals surface area contributed by atoms with E-state index in [1.807, 2.05) is 0 Å². The van der Waals surface area contributed by atoms with Gasteiger partial charge in [0.1, 0.15) is 6.54 Å². The van der Waals surface area contributed by atoms with Crippen molar-refractivity contribution in [1.29, 1.82) is 0 Å². The topological polar surface area (TPSA) is 108 Å². The summed E-state index contributed by atoms with van der Waals surface area (Å²) in [6.45, 7) is 1.11. The van der Waals surface area contributed by atoms with Gasteiger partial charge >= 0.3 is 6.18 Å². The lowest BCUT2D eigenvalue weighted by atomic mass is 10.2. The van der Waals surface area contributed by atoms with E-state index >= 15 is 0 Å². The maximum absolute atomic E-state index is 13.3. The Morgan fingerprint density at radius 2 is 1.84 bits per heavy atom. The molecule has 1 amide bonds. The lowest BCUT2D eigenvalue weighted by Crippen LogP contribution is -2.40. The normalized spacial score (nSPS) is 11.9. The summed E-state index contributed by atoms with van der Waals surface area (Å²) < 4.78 is 72.4. The van der Waals surface area contributed by atoms with Gasteiger partial charge in [0.15, 0.2) is 11.5 Å². The summed E-state index contributed by atoms with van der Waals surface area (Å²) in [5.74, 6) is -0.854. The summed E-state index contributed by atoms with van der Waals surface area (Å²) >= 11 is 6.09. The van der Waals surface area contributed by atoms with Crippen LogP contribution in [-0.4, -0.2) is 38.8 Å². The van der Waals surface area contributed by atoms with Gasteiger partial charge in [-0.3, -0.25) is 9.10 Å². The molecule has 0 saturated heterocycles. The van der Waals surface area contributed by atoms with Crippen LogP contribution in [0.3, 0.4) is 0 Å². The summed E-state index contributed by atoms with van der Waals surface area (Å²) in [6, 6.07) is 13.4. The predicted octanol–water partition coefficient (Wildman–Crippen LogP) is 4.81. The van der Waals surface area contributed by atoms with E-state index in [9.17, 15) is 31.5 Å². The third-order valence-corrected chi connectivity index (χ3v) is 6.94. The molecule has 3 rings (SSSR count). The molecule has 3 aromatic carbocycles. The van der Waals surface area contributed by atoms with Gasteiger partial charge in [-0.25, -0.2) is 13.8 Å². The van der Waals surface area contributed by atoms with Crippen molar-refractivity contribution >= 4 is 39.4 Å². The third kappa shape index (κ3) is 6.92. The zero-order chi connectivity index (χ0) is 27.2. The highest BCUT2D eigenvalue weighted by molar-refractivity contribution is 7.92. The number of benzene rings is 3. The van der Waals surface area contributed by atoms with Gasteiger partial charge in [-0.2, -0.15) is 18.3 Å². The lowest BCUT2D eigenvalue weighted by Gasteiger charge is -2.25. The average molecular weight is 556 g/mol. The largest absolute Gasteiger partial charge is 0.504 e. The van der Waals surface area contributed by atoms with Crippen LogP contribution in [0.2, 0.25) is 5.02 Å². The van der Waals surface area contributed by atoms with Gasteiger partial charge in [-0.05, 0) is 61.0 Å². The Morgan fingerprint density at radius 3 is 2.49 bits per heavy atom. The highest BCUT2D eigenvalue weighted by Gasteiger charge is 2.34. The fraction of sp³-hybridized carbons (Fsp3) is 0.167. The second-order valence-corrected chi connectivity index (χ2v) is 9.71. The van der Waals surface area contributed by atoms with E-state index in [0.29, 0.717) is 28.6 Å². The highest BCUT2D eigenvalue weighted by Crippen LogP contribution is 2.37. The molecule has 0 bridgehead atoms. The minimum Gasteiger partial charge on any atom is -0.504 e. The minimum atomic E-state index is -4.78. The van der Waals surface area contributed by atoms with Crippen LogP contribution in [0.25, 0.3) is 0 Å². The number of carbonyl (C=O) groups excluding carboxylic acids is 1. The highest BCUT2D eigenvalue weighted by atomic mass is 35.5. The Hall–Kier alpha value is -3.77. The molecular weight excluding hydrogens is 535 g/mol. The Labute approximate surface area is 216 Å². The van der Waals surface area contributed by atoms with Crippen LogP contribution < -0.4 is 14.5 Å². The van der Waals surface area contributed by atoms with E-state index in [2.05, 4.69) is 10.5 Å². The number of sulfonamides is 1. The Morgan fingerprint density at radius 1 is 1.14 bits per heavy atom. The van der Waals surface area contributed by atoms with Crippen LogP contribution in [0.1, 0.15) is 18.1 Å². The minimum absolute atomic E-state index is 0.0947. The predicted molar refractivity (Wildman–Crippen MR) is 132 cm³/mol. The van der Waals surface area contributed by atoms with Crippen molar-refractivity contribution in [2.24, 2.45) is 5.10 Å². The number of nitrogens with zero attached hydrogens (tertiary/aromatic N) is 2. The Balaban J connectivity index is 1.91. The first-order chi connectivity index (χ1) is 17.4. The molecule has 0 aliphatic heterocycles. The molecule has 3 aromatic rings. The maximum Gasteiger partial charge on any atom is 0.416 e. The first-order valence-corrected chi connectivity index (χ1v) is 12.5. The van der Waals surface area contributed by atoms with E-state index in [1.165, 1.54) is 48.7 Å². The van der Waals surface area contributed by atoms with Crippen molar-refractivity contribution in [2.75, 3.05) is 17.5 Å². The summed E-state index contributed by atoms with van der Waals surface area (Å²) in [4.78, 5) is 12.4. The summed E-state index contributed by atoms with van der Waals surface area (Å²) in [6.07, 6.45) is -3.56. The van der Waals surface area contributed by atoms with E-state index in [1.54, 1.807) is 13.0 Å². The van der Waals surface area contributed by atoms with Crippen molar-refractivity contribution in [3.63, 3.8) is 0 Å². The molecule has 8 nitrogen and oxygen atoms in total. The molecule has 0 unspecified atom stereocenters. The third-order valence-electron chi connectivity index (χ3n) is 4.85. The molecule has 0 heterocycles. The van der Waals surface area contributed by atoms with Crippen LogP contribution in [0.5, 0.6) is 11.5 Å². The molecule has 37 heavy (non-hydrogen) atoms. The van der Waals surface area contributed by atoms with Crippen molar-refractivity contribution in [3.05, 3.63) is 82.9 Å². The number of anilines is 1. The van der Waals surface area contributed by atoms with Gasteiger partial charge < -0.3 is 9.84 Å². The number of hydrogen-bond acceptors (Lipinski definition) is 6. The molecule has 0 aromatic heterocycles. The van der Waals surface area contributed by atoms with Gasteiger partial charge in [0.25, 0.3) is 15.9 Å². The standard InChI is InChI=1S/C24H21ClF3N3O5S/c1-2-36-22-12-16(8-11-21(22)32)14-29-30-23(33)15-31(37(34,35)18-6-4-3-5-7-18)20-13-17(24(26,27)28)9-10-19(20)25/h3-14,32H,2,15H2,1H3,(H,30,33)/b29-14-. The smallest absolute Gasteiger partial charge is 0.416 e. The van der Waals surface area contributed by atoms with Crippen LogP contribution >= 0.6 is 11.6 Å². The number of aromatic hydroxyl groups is 1. The number of phenolic OH excluding ortho intramolecular Hbond substituents is 1. The Kier molecular flexibility index (Phi) is 8.66. The van der Waals surface area contributed by atoms with Crippen molar-refractivity contribution in [1.82, 2.24) is 5.43 Å². The van der Waals surface area contributed by atoms with E-state index in [-0.39, 0.29) is 21.4 Å². The lowest BCUT2D eigenvalue weighted by molar-refractivity contribution is -0.137. The molecule has 0 aliphatic carbocycles. The van der Waals surface area contributed by atoms with Crippen LogP contribution in [0.15, 0.2) is 76.7 Å². The number of phenols is 1. The van der Waals surface area contributed by atoms with Crippen molar-refractivity contribution in [2.45, 2.75) is 18.0 Å². The fourth-order valence-electron chi connectivity index (χ4n) is 3.13. The number of amides is 1. The molecule has 0 spiro atoms. The van der Waals surface area contributed by atoms with Crippen LogP contribution in [0.4, 0.5) is 18.9 Å². The molecule has 13 heteroatoms. The number of hydrogen-bond donors (Lipinski definition) is 2. The molecule has 2 N–H and O–H groups in total. The average Bonchev–Trinajstić information content (AvgIpc) is 2.85. The summed E-state index contributed by atoms with van der Waals surface area (Å²) in [5.41, 5.74) is 0.911. The molecule has 0 aliphatic rings. The molecule has 0 atom stereocenters. The number of carbonyl (C=O) groups is 1. The quantitative estimate of drug-likeness (QED) is 0.291. The SMILES string of the molecule is CCOc1cc(/C=N\NC(=O)CN(c2cc(C(F)(F)F)ccc2Cl)S(=O)(=O)c2ccccc2)ccc1O. The fourth-order valence-corrected chi connectivity index (χ4v) is 4.85. The van der Waals surface area contributed by atoms with E-state index in [4.69, 9.17) is 16.3 Å². The molecule has 0 fully saturated rings. The number of ether oxygens (including phenoxy) is 1. The van der Waals surface area contributed by atoms with Gasteiger partial charge in [-0.1, -0.05) is 29.8 Å². The number of hydrazone groups is 1. The molecule has 0 saturated carbocycles. The first kappa shape index (κ1) is 27.8. The van der Waals surface area contributed by atoms with Gasteiger partial charge in [0, 0.05) is 0 Å². The number of nitrogens with one attached hydrogen (secondary N) is 1. The van der Waals surface area contributed by atoms with Crippen LogP contribution in [-0.2, 0) is 21.0 Å². The van der Waals surface area contributed by atoms with Gasteiger partial charge in [0.2, 0.25) is 0 Å².